The van der Waals surface area contributed by atoms with E-state index in [1.54, 1.807) is 36.4 Å². The molecule has 2 N–H and O–H groups in total. The monoisotopic (exact) mass is 499 g/mol. The Bertz CT molecular complexity index is 1290. The first-order valence-corrected chi connectivity index (χ1v) is 12.4. The minimum Gasteiger partial charge on any atom is -0.507 e. The van der Waals surface area contributed by atoms with E-state index in [2.05, 4.69) is 42.6 Å². The van der Waals surface area contributed by atoms with E-state index in [0.29, 0.717) is 53.5 Å². The number of nitrogens with zero attached hydrogens (tertiary/aromatic N) is 3. The van der Waals surface area contributed by atoms with Crippen LogP contribution in [-0.4, -0.2) is 38.4 Å². The topological polar surface area (TPSA) is 97.6 Å². The average Bonchev–Trinajstić information content (AvgIpc) is 2.86. The summed E-state index contributed by atoms with van der Waals surface area (Å²) >= 11 is 0. The standard InChI is InChI=1S/C30H33N3O4/c1-18(2)16-36-22-10-12-24(26(34)14-22)29-31-28(21-8-6-20(5)7-9-21)32-30(33-29)25-13-11-23(15-27(25)35)37-17-19(3)4/h6-15,18-19,34-35H,16-17H2,1-5H3. The summed E-state index contributed by atoms with van der Waals surface area (Å²) in [5.41, 5.74) is 2.78. The molecule has 0 amide bonds. The summed E-state index contributed by atoms with van der Waals surface area (Å²) in [6, 6.07) is 18.0. The first-order chi connectivity index (χ1) is 17.7. The van der Waals surface area contributed by atoms with Crippen molar-refractivity contribution >= 4 is 0 Å². The van der Waals surface area contributed by atoms with Crippen molar-refractivity contribution in [1.29, 1.82) is 0 Å². The number of hydrogen-bond acceptors (Lipinski definition) is 7. The Morgan fingerprint density at radius 3 is 1.46 bits per heavy atom. The summed E-state index contributed by atoms with van der Waals surface area (Å²) < 4.78 is 11.5. The van der Waals surface area contributed by atoms with Crippen LogP contribution in [0.4, 0.5) is 0 Å². The van der Waals surface area contributed by atoms with Crippen LogP contribution in [0.25, 0.3) is 34.2 Å². The molecule has 4 rings (SSSR count). The number of phenols is 2. The molecule has 0 spiro atoms. The van der Waals surface area contributed by atoms with Crippen molar-refractivity contribution < 1.29 is 19.7 Å². The third-order valence-electron chi connectivity index (χ3n) is 5.53. The molecule has 0 aliphatic rings. The highest BCUT2D eigenvalue weighted by Crippen LogP contribution is 2.35. The molecule has 1 heterocycles. The van der Waals surface area contributed by atoms with Gasteiger partial charge in [-0.1, -0.05) is 57.5 Å². The number of phenolic OH excluding ortho intramolecular Hbond substituents is 2. The second-order valence-electron chi connectivity index (χ2n) is 9.94. The van der Waals surface area contributed by atoms with E-state index in [-0.39, 0.29) is 23.1 Å². The number of rotatable bonds is 9. The first kappa shape index (κ1) is 25.9. The molecular weight excluding hydrogens is 466 g/mol. The fourth-order valence-electron chi connectivity index (χ4n) is 3.56. The molecule has 1 aromatic heterocycles. The van der Waals surface area contributed by atoms with Crippen LogP contribution in [0, 0.1) is 18.8 Å². The van der Waals surface area contributed by atoms with Gasteiger partial charge in [-0.25, -0.2) is 15.0 Å². The fraction of sp³-hybridized carbons (Fsp3) is 0.300. The van der Waals surface area contributed by atoms with Crippen LogP contribution in [0.15, 0.2) is 60.7 Å². The van der Waals surface area contributed by atoms with E-state index in [1.165, 1.54) is 0 Å². The molecule has 37 heavy (non-hydrogen) atoms. The molecule has 192 valence electrons. The van der Waals surface area contributed by atoms with Gasteiger partial charge in [0.05, 0.1) is 24.3 Å². The second kappa shape index (κ2) is 11.3. The minimum absolute atomic E-state index is 0.00471. The zero-order valence-corrected chi connectivity index (χ0v) is 21.9. The maximum Gasteiger partial charge on any atom is 0.167 e. The SMILES string of the molecule is Cc1ccc(-c2nc(-c3ccc(OCC(C)C)cc3O)nc(-c3ccc(OCC(C)C)cc3O)n2)cc1. The van der Waals surface area contributed by atoms with Crippen molar-refractivity contribution in [3.8, 4) is 57.2 Å². The molecule has 7 heteroatoms. The van der Waals surface area contributed by atoms with E-state index in [9.17, 15) is 10.2 Å². The van der Waals surface area contributed by atoms with Crippen LogP contribution in [0.3, 0.4) is 0 Å². The molecule has 3 aromatic carbocycles. The number of aryl methyl sites for hydroxylation is 1. The van der Waals surface area contributed by atoms with E-state index >= 15 is 0 Å². The van der Waals surface area contributed by atoms with Crippen LogP contribution < -0.4 is 9.47 Å². The molecule has 0 aliphatic heterocycles. The summed E-state index contributed by atoms with van der Waals surface area (Å²) in [5.74, 6) is 2.85. The van der Waals surface area contributed by atoms with Crippen LogP contribution in [0.2, 0.25) is 0 Å². The molecule has 0 fully saturated rings. The molecule has 0 aliphatic carbocycles. The largest absolute Gasteiger partial charge is 0.507 e. The molecule has 0 saturated heterocycles. The van der Waals surface area contributed by atoms with Gasteiger partial charge in [-0.05, 0) is 43.0 Å². The summed E-state index contributed by atoms with van der Waals surface area (Å²) in [6.07, 6.45) is 0. The maximum atomic E-state index is 10.8. The molecular formula is C30H33N3O4. The van der Waals surface area contributed by atoms with Gasteiger partial charge in [0.2, 0.25) is 0 Å². The minimum atomic E-state index is -0.00471. The van der Waals surface area contributed by atoms with E-state index < -0.39 is 0 Å². The highest BCUT2D eigenvalue weighted by molar-refractivity contribution is 5.72. The van der Waals surface area contributed by atoms with Crippen molar-refractivity contribution in [3.63, 3.8) is 0 Å². The summed E-state index contributed by atoms with van der Waals surface area (Å²) in [5, 5.41) is 21.6. The molecule has 0 bridgehead atoms. The number of aromatic hydroxyl groups is 2. The van der Waals surface area contributed by atoms with Gasteiger partial charge in [-0.3, -0.25) is 0 Å². The Balaban J connectivity index is 1.78. The number of aromatic nitrogens is 3. The van der Waals surface area contributed by atoms with Gasteiger partial charge in [0, 0.05) is 17.7 Å². The van der Waals surface area contributed by atoms with Gasteiger partial charge in [-0.2, -0.15) is 0 Å². The van der Waals surface area contributed by atoms with E-state index in [0.717, 1.165) is 11.1 Å². The van der Waals surface area contributed by atoms with Gasteiger partial charge in [0.15, 0.2) is 17.5 Å². The van der Waals surface area contributed by atoms with Crippen LogP contribution >= 0.6 is 0 Å². The Kier molecular flexibility index (Phi) is 7.92. The van der Waals surface area contributed by atoms with Crippen LogP contribution in [0.5, 0.6) is 23.0 Å². The molecule has 0 radical (unpaired) electrons. The van der Waals surface area contributed by atoms with Crippen LogP contribution in [-0.2, 0) is 0 Å². The first-order valence-electron chi connectivity index (χ1n) is 12.4. The lowest BCUT2D eigenvalue weighted by atomic mass is 10.1. The summed E-state index contributed by atoms with van der Waals surface area (Å²) in [4.78, 5) is 13.9. The zero-order chi connectivity index (χ0) is 26.5. The lowest BCUT2D eigenvalue weighted by Gasteiger charge is -2.13. The second-order valence-corrected chi connectivity index (χ2v) is 9.94. The predicted octanol–water partition coefficient (Wildman–Crippen LogP) is 6.66. The van der Waals surface area contributed by atoms with Gasteiger partial charge in [-0.15, -0.1) is 0 Å². The quantitative estimate of drug-likeness (QED) is 0.266. The Hall–Kier alpha value is -4.13. The molecule has 0 atom stereocenters. The third kappa shape index (κ3) is 6.55. The van der Waals surface area contributed by atoms with Gasteiger partial charge < -0.3 is 19.7 Å². The van der Waals surface area contributed by atoms with Crippen molar-refractivity contribution in [2.75, 3.05) is 13.2 Å². The van der Waals surface area contributed by atoms with Gasteiger partial charge >= 0.3 is 0 Å². The summed E-state index contributed by atoms with van der Waals surface area (Å²) in [7, 11) is 0. The van der Waals surface area contributed by atoms with Gasteiger partial charge in [0.25, 0.3) is 0 Å². The molecule has 7 nitrogen and oxygen atoms in total. The Morgan fingerprint density at radius 2 is 1.05 bits per heavy atom. The zero-order valence-electron chi connectivity index (χ0n) is 21.9. The highest BCUT2D eigenvalue weighted by atomic mass is 16.5. The Morgan fingerprint density at radius 1 is 0.622 bits per heavy atom. The number of hydrogen-bond donors (Lipinski definition) is 2. The lowest BCUT2D eigenvalue weighted by Crippen LogP contribution is -2.05. The van der Waals surface area contributed by atoms with Crippen molar-refractivity contribution in [2.24, 2.45) is 11.8 Å². The number of ether oxygens (including phenoxy) is 2. The van der Waals surface area contributed by atoms with E-state index in [1.807, 2.05) is 31.2 Å². The smallest absolute Gasteiger partial charge is 0.167 e. The fourth-order valence-corrected chi connectivity index (χ4v) is 3.56. The van der Waals surface area contributed by atoms with Crippen molar-refractivity contribution in [2.45, 2.75) is 34.6 Å². The van der Waals surface area contributed by atoms with Crippen molar-refractivity contribution in [1.82, 2.24) is 15.0 Å². The average molecular weight is 500 g/mol. The van der Waals surface area contributed by atoms with Crippen LogP contribution in [0.1, 0.15) is 33.3 Å². The number of benzene rings is 3. The molecule has 0 unspecified atom stereocenters. The van der Waals surface area contributed by atoms with E-state index in [4.69, 9.17) is 9.47 Å². The predicted molar refractivity (Wildman–Crippen MR) is 145 cm³/mol. The third-order valence-corrected chi connectivity index (χ3v) is 5.53. The maximum absolute atomic E-state index is 10.8. The highest BCUT2D eigenvalue weighted by Gasteiger charge is 2.17. The lowest BCUT2D eigenvalue weighted by molar-refractivity contribution is 0.270. The summed E-state index contributed by atoms with van der Waals surface area (Å²) in [6.45, 7) is 11.3. The van der Waals surface area contributed by atoms with Gasteiger partial charge in [0.1, 0.15) is 23.0 Å². The Labute approximate surface area is 217 Å². The molecule has 0 saturated carbocycles. The normalized spacial score (nSPS) is 11.2. The van der Waals surface area contributed by atoms with Crippen molar-refractivity contribution in [3.05, 3.63) is 66.2 Å². The molecule has 4 aromatic rings.